The lowest BCUT2D eigenvalue weighted by Gasteiger charge is -2.33. The first-order valence-corrected chi connectivity index (χ1v) is 6.58. The summed E-state index contributed by atoms with van der Waals surface area (Å²) in [6.07, 6.45) is 1.03. The van der Waals surface area contributed by atoms with Gasteiger partial charge in [-0.05, 0) is 38.7 Å². The Bertz CT molecular complexity index is 452. The third-order valence-corrected chi connectivity index (χ3v) is 2.96. The van der Waals surface area contributed by atoms with Crippen molar-refractivity contribution < 1.29 is 14.3 Å². The van der Waals surface area contributed by atoms with E-state index >= 15 is 0 Å². The molecule has 1 aromatic rings. The minimum Gasteiger partial charge on any atom is -0.475 e. The number of carboxylic acids is 1. The minimum absolute atomic E-state index is 0.00271. The van der Waals surface area contributed by atoms with Gasteiger partial charge in [-0.3, -0.25) is 0 Å². The van der Waals surface area contributed by atoms with E-state index in [1.165, 1.54) is 0 Å². The van der Waals surface area contributed by atoms with Crippen LogP contribution in [-0.2, 0) is 6.54 Å². The van der Waals surface area contributed by atoms with Crippen LogP contribution in [-0.4, -0.2) is 16.6 Å². The number of hydrogen-bond donors (Lipinski definition) is 2. The number of carboxylic acid groups (broad SMARTS) is 1. The molecule has 0 aliphatic rings. The van der Waals surface area contributed by atoms with Gasteiger partial charge < -0.3 is 14.8 Å². The Morgan fingerprint density at radius 2 is 1.89 bits per heavy atom. The number of carbonyl (C=O) groups is 1. The molecule has 4 heteroatoms. The normalized spacial score (nSPS) is 12.7. The molecule has 108 valence electrons. The van der Waals surface area contributed by atoms with Gasteiger partial charge in [0.2, 0.25) is 5.76 Å². The van der Waals surface area contributed by atoms with Gasteiger partial charge in [-0.15, -0.1) is 0 Å². The molecule has 1 rings (SSSR count). The molecule has 0 saturated heterocycles. The van der Waals surface area contributed by atoms with Crippen molar-refractivity contribution in [3.63, 3.8) is 0 Å². The second kappa shape index (κ2) is 5.37. The molecule has 0 saturated carbocycles. The largest absolute Gasteiger partial charge is 0.475 e. The second-order valence-corrected chi connectivity index (χ2v) is 6.97. The smallest absolute Gasteiger partial charge is 0.371 e. The summed E-state index contributed by atoms with van der Waals surface area (Å²) >= 11 is 0. The van der Waals surface area contributed by atoms with Crippen LogP contribution >= 0.6 is 0 Å². The highest BCUT2D eigenvalue weighted by Crippen LogP contribution is 2.27. The maximum atomic E-state index is 10.8. The Labute approximate surface area is 115 Å². The van der Waals surface area contributed by atoms with Crippen LogP contribution in [0.2, 0.25) is 0 Å². The molecule has 0 spiro atoms. The molecule has 0 atom stereocenters. The molecule has 0 aliphatic carbocycles. The standard InChI is InChI=1S/C15H25NO3/c1-10-11(7-12(19-10)13(17)18)8-16-15(5,6)9-14(2,3)4/h7,16H,8-9H2,1-6H3,(H,17,18). The van der Waals surface area contributed by atoms with E-state index in [9.17, 15) is 4.79 Å². The highest BCUT2D eigenvalue weighted by atomic mass is 16.4. The monoisotopic (exact) mass is 267 g/mol. The quantitative estimate of drug-likeness (QED) is 0.855. The third-order valence-electron chi connectivity index (χ3n) is 2.96. The van der Waals surface area contributed by atoms with Gasteiger partial charge in [0.15, 0.2) is 0 Å². The van der Waals surface area contributed by atoms with Crippen LogP contribution in [0.5, 0.6) is 0 Å². The van der Waals surface area contributed by atoms with E-state index in [-0.39, 0.29) is 16.7 Å². The lowest BCUT2D eigenvalue weighted by atomic mass is 9.82. The predicted molar refractivity (Wildman–Crippen MR) is 75.4 cm³/mol. The van der Waals surface area contributed by atoms with Crippen LogP contribution in [0.3, 0.4) is 0 Å². The zero-order valence-electron chi connectivity index (χ0n) is 12.8. The number of aromatic carboxylic acids is 1. The Morgan fingerprint density at radius 1 is 1.32 bits per heavy atom. The molecular weight excluding hydrogens is 242 g/mol. The minimum atomic E-state index is -1.02. The maximum absolute atomic E-state index is 10.8. The topological polar surface area (TPSA) is 62.5 Å². The van der Waals surface area contributed by atoms with E-state index in [2.05, 4.69) is 39.9 Å². The van der Waals surface area contributed by atoms with E-state index < -0.39 is 5.97 Å². The summed E-state index contributed by atoms with van der Waals surface area (Å²) in [4.78, 5) is 10.8. The lowest BCUT2D eigenvalue weighted by molar-refractivity contribution is 0.0661. The molecule has 0 aliphatic heterocycles. The van der Waals surface area contributed by atoms with Crippen LogP contribution < -0.4 is 5.32 Å². The highest BCUT2D eigenvalue weighted by molar-refractivity contribution is 5.84. The second-order valence-electron chi connectivity index (χ2n) is 6.97. The van der Waals surface area contributed by atoms with Crippen molar-refractivity contribution in [1.29, 1.82) is 0 Å². The Hall–Kier alpha value is -1.29. The van der Waals surface area contributed by atoms with E-state index in [4.69, 9.17) is 9.52 Å². The molecular formula is C15H25NO3. The van der Waals surface area contributed by atoms with E-state index in [0.717, 1.165) is 12.0 Å². The zero-order valence-corrected chi connectivity index (χ0v) is 12.8. The van der Waals surface area contributed by atoms with Crippen molar-refractivity contribution in [3.05, 3.63) is 23.2 Å². The molecule has 1 heterocycles. The van der Waals surface area contributed by atoms with Gasteiger partial charge >= 0.3 is 5.97 Å². The number of rotatable bonds is 5. The van der Waals surface area contributed by atoms with Crippen molar-refractivity contribution in [2.75, 3.05) is 0 Å². The Balaban J connectivity index is 2.68. The van der Waals surface area contributed by atoms with Crippen molar-refractivity contribution in [1.82, 2.24) is 5.32 Å². The summed E-state index contributed by atoms with van der Waals surface area (Å²) in [5, 5.41) is 12.4. The first-order valence-electron chi connectivity index (χ1n) is 6.58. The highest BCUT2D eigenvalue weighted by Gasteiger charge is 2.25. The maximum Gasteiger partial charge on any atom is 0.371 e. The number of nitrogens with one attached hydrogen (secondary N) is 1. The van der Waals surface area contributed by atoms with Crippen molar-refractivity contribution >= 4 is 5.97 Å². The first kappa shape index (κ1) is 15.8. The van der Waals surface area contributed by atoms with Gasteiger partial charge in [0.1, 0.15) is 5.76 Å². The fourth-order valence-electron chi connectivity index (χ4n) is 2.52. The SMILES string of the molecule is Cc1oc(C(=O)O)cc1CNC(C)(C)CC(C)(C)C. The summed E-state index contributed by atoms with van der Waals surface area (Å²) in [5.74, 6) is -0.359. The molecule has 0 amide bonds. The Morgan fingerprint density at radius 3 is 2.32 bits per heavy atom. The van der Waals surface area contributed by atoms with Crippen molar-refractivity contribution in [3.8, 4) is 0 Å². The number of hydrogen-bond acceptors (Lipinski definition) is 3. The van der Waals surface area contributed by atoms with Crippen molar-refractivity contribution in [2.45, 2.75) is 60.0 Å². The van der Waals surface area contributed by atoms with Crippen LogP contribution in [0.25, 0.3) is 0 Å². The summed E-state index contributed by atoms with van der Waals surface area (Å²) < 4.78 is 5.20. The van der Waals surface area contributed by atoms with Gasteiger partial charge in [0.05, 0.1) is 0 Å². The van der Waals surface area contributed by atoms with E-state index in [1.54, 1.807) is 13.0 Å². The molecule has 4 nitrogen and oxygen atoms in total. The zero-order chi connectivity index (χ0) is 14.8. The summed E-state index contributed by atoms with van der Waals surface area (Å²) in [6, 6.07) is 1.60. The average molecular weight is 267 g/mol. The fraction of sp³-hybridized carbons (Fsp3) is 0.667. The summed E-state index contributed by atoms with van der Waals surface area (Å²) in [7, 11) is 0. The van der Waals surface area contributed by atoms with Gasteiger partial charge in [0, 0.05) is 17.6 Å². The van der Waals surface area contributed by atoms with Crippen LogP contribution in [0.4, 0.5) is 0 Å². The molecule has 0 aromatic carbocycles. The summed E-state index contributed by atoms with van der Waals surface area (Å²) in [6.45, 7) is 13.4. The fourth-order valence-corrected chi connectivity index (χ4v) is 2.52. The molecule has 0 radical (unpaired) electrons. The van der Waals surface area contributed by atoms with Gasteiger partial charge in [0.25, 0.3) is 0 Å². The summed E-state index contributed by atoms with van der Waals surface area (Å²) in [5.41, 5.74) is 1.14. The third kappa shape index (κ3) is 5.07. The molecule has 0 fully saturated rings. The van der Waals surface area contributed by atoms with Crippen molar-refractivity contribution in [2.24, 2.45) is 5.41 Å². The molecule has 0 bridgehead atoms. The van der Waals surface area contributed by atoms with E-state index in [1.807, 2.05) is 0 Å². The van der Waals surface area contributed by atoms with Crippen LogP contribution in [0.1, 0.15) is 62.9 Å². The average Bonchev–Trinajstić information content (AvgIpc) is 2.53. The van der Waals surface area contributed by atoms with Gasteiger partial charge in [-0.2, -0.15) is 0 Å². The number of aryl methyl sites for hydroxylation is 1. The molecule has 1 aromatic heterocycles. The first-order chi connectivity index (χ1) is 8.50. The van der Waals surface area contributed by atoms with Crippen LogP contribution in [0.15, 0.2) is 10.5 Å². The van der Waals surface area contributed by atoms with Crippen LogP contribution in [0, 0.1) is 12.3 Å². The molecule has 19 heavy (non-hydrogen) atoms. The van der Waals surface area contributed by atoms with E-state index in [0.29, 0.717) is 12.3 Å². The number of furan rings is 1. The van der Waals surface area contributed by atoms with Gasteiger partial charge in [-0.1, -0.05) is 20.8 Å². The molecule has 0 unspecified atom stereocenters. The lowest BCUT2D eigenvalue weighted by Crippen LogP contribution is -2.41. The molecule has 2 N–H and O–H groups in total. The van der Waals surface area contributed by atoms with Gasteiger partial charge in [-0.25, -0.2) is 4.79 Å². The predicted octanol–water partition coefficient (Wildman–Crippen LogP) is 3.59. The Kier molecular flexibility index (Phi) is 4.46.